The number of hydrogen-bond donors (Lipinski definition) is 1. The lowest BCUT2D eigenvalue weighted by Gasteiger charge is -2.61. The Labute approximate surface area is 121 Å². The minimum atomic E-state index is -0.187. The first-order valence-corrected chi connectivity index (χ1v) is 8.42. The van der Waals surface area contributed by atoms with Gasteiger partial charge in [-0.2, -0.15) is 0 Å². The lowest BCUT2D eigenvalue weighted by Crippen LogP contribution is -2.72. The van der Waals surface area contributed by atoms with E-state index >= 15 is 0 Å². The molecular weight excluding hydrogens is 252 g/mol. The zero-order valence-corrected chi connectivity index (χ0v) is 12.4. The van der Waals surface area contributed by atoms with Gasteiger partial charge in [0.1, 0.15) is 0 Å². The van der Waals surface area contributed by atoms with Crippen molar-refractivity contribution >= 4 is 5.91 Å². The lowest BCUT2D eigenvalue weighted by molar-refractivity contribution is -0.185. The Morgan fingerprint density at radius 1 is 1.10 bits per heavy atom. The number of nitrogens with zero attached hydrogens (tertiary/aromatic N) is 2. The maximum Gasteiger partial charge on any atom is 0.224 e. The number of hydrogen-bond acceptors (Lipinski definition) is 3. The van der Waals surface area contributed by atoms with Crippen LogP contribution in [-0.4, -0.2) is 51.2 Å². The minimum absolute atomic E-state index is 0.187. The normalized spacial score (nSPS) is 48.7. The molecule has 6 unspecified atom stereocenters. The summed E-state index contributed by atoms with van der Waals surface area (Å²) in [6.45, 7) is 2.33. The van der Waals surface area contributed by atoms with E-state index in [9.17, 15) is 9.90 Å². The van der Waals surface area contributed by atoms with E-state index in [1.54, 1.807) is 0 Å². The number of piperidine rings is 3. The third-order valence-electron chi connectivity index (χ3n) is 6.11. The van der Waals surface area contributed by atoms with Crippen LogP contribution >= 0.6 is 0 Å². The van der Waals surface area contributed by atoms with Gasteiger partial charge in [-0.25, -0.2) is 0 Å². The Morgan fingerprint density at radius 3 is 2.80 bits per heavy atom. The van der Waals surface area contributed by atoms with E-state index in [2.05, 4.69) is 16.7 Å². The van der Waals surface area contributed by atoms with Gasteiger partial charge in [0.25, 0.3) is 0 Å². The maximum absolute atomic E-state index is 12.4. The topological polar surface area (TPSA) is 43.8 Å². The molecule has 4 aliphatic rings. The predicted molar refractivity (Wildman–Crippen MR) is 75.9 cm³/mol. The number of carbonyl (C=O) groups excluding carboxylic acids is 1. The molecule has 4 rings (SSSR count). The van der Waals surface area contributed by atoms with Crippen LogP contribution in [0.5, 0.6) is 0 Å². The molecule has 0 aromatic heterocycles. The fourth-order valence-electron chi connectivity index (χ4n) is 5.39. The van der Waals surface area contributed by atoms with Gasteiger partial charge in [0.2, 0.25) is 5.91 Å². The van der Waals surface area contributed by atoms with Crippen LogP contribution in [-0.2, 0) is 4.79 Å². The van der Waals surface area contributed by atoms with E-state index in [4.69, 9.17) is 0 Å². The highest BCUT2D eigenvalue weighted by Gasteiger charge is 2.52. The van der Waals surface area contributed by atoms with Crippen molar-refractivity contribution in [2.75, 3.05) is 0 Å². The molecule has 4 saturated heterocycles. The molecule has 0 bridgehead atoms. The van der Waals surface area contributed by atoms with Crippen LogP contribution in [0.25, 0.3) is 0 Å². The molecular formula is C16H26N2O2. The van der Waals surface area contributed by atoms with Crippen molar-refractivity contribution in [3.63, 3.8) is 0 Å². The number of carbonyl (C=O) groups is 1. The molecule has 4 heteroatoms. The van der Waals surface area contributed by atoms with Crippen molar-refractivity contribution in [1.82, 2.24) is 9.80 Å². The van der Waals surface area contributed by atoms with Gasteiger partial charge in [-0.05, 0) is 50.9 Å². The number of rotatable bonds is 0. The van der Waals surface area contributed by atoms with Gasteiger partial charge >= 0.3 is 0 Å². The van der Waals surface area contributed by atoms with Crippen LogP contribution in [0, 0.1) is 5.92 Å². The summed E-state index contributed by atoms with van der Waals surface area (Å²) in [5, 5.41) is 10.4. The lowest BCUT2D eigenvalue weighted by atomic mass is 9.75. The summed E-state index contributed by atoms with van der Waals surface area (Å²) in [4.78, 5) is 17.1. The zero-order valence-electron chi connectivity index (χ0n) is 12.4. The summed E-state index contributed by atoms with van der Waals surface area (Å²) in [7, 11) is 0. The van der Waals surface area contributed by atoms with Crippen molar-refractivity contribution in [2.45, 2.75) is 88.7 Å². The molecule has 1 N–H and O–H groups in total. The molecule has 1 amide bonds. The number of amides is 1. The second-order valence-electron chi connectivity index (χ2n) is 7.45. The second-order valence-corrected chi connectivity index (χ2v) is 7.45. The summed E-state index contributed by atoms with van der Waals surface area (Å²) in [6, 6.07) is 1.36. The highest BCUT2D eigenvalue weighted by molar-refractivity contribution is 5.77. The molecule has 20 heavy (non-hydrogen) atoms. The van der Waals surface area contributed by atoms with E-state index in [0.717, 1.165) is 38.5 Å². The second kappa shape index (κ2) is 4.70. The Balaban J connectivity index is 1.68. The molecule has 112 valence electrons. The minimum Gasteiger partial charge on any atom is -0.391 e. The van der Waals surface area contributed by atoms with Crippen LogP contribution < -0.4 is 0 Å². The predicted octanol–water partition coefficient (Wildman–Crippen LogP) is 1.72. The first-order valence-electron chi connectivity index (χ1n) is 8.42. The van der Waals surface area contributed by atoms with Gasteiger partial charge in [-0.1, -0.05) is 6.92 Å². The molecule has 4 aliphatic heterocycles. The summed E-state index contributed by atoms with van der Waals surface area (Å²) in [5.41, 5.74) is 0. The van der Waals surface area contributed by atoms with E-state index < -0.39 is 0 Å². The molecule has 0 aromatic rings. The number of aliphatic hydroxyl groups excluding tert-OH is 1. The van der Waals surface area contributed by atoms with E-state index in [1.807, 2.05) is 0 Å². The van der Waals surface area contributed by atoms with Gasteiger partial charge in [0.15, 0.2) is 0 Å². The fraction of sp³-hybridized carbons (Fsp3) is 0.938. The average Bonchev–Trinajstić information content (AvgIpc) is 2.41. The van der Waals surface area contributed by atoms with E-state index in [1.165, 1.54) is 12.8 Å². The maximum atomic E-state index is 12.4. The molecule has 0 spiro atoms. The molecule has 0 aromatic carbocycles. The fourth-order valence-corrected chi connectivity index (χ4v) is 5.39. The average molecular weight is 278 g/mol. The van der Waals surface area contributed by atoms with Gasteiger partial charge < -0.3 is 10.0 Å². The smallest absolute Gasteiger partial charge is 0.224 e. The molecule has 0 radical (unpaired) electrons. The van der Waals surface area contributed by atoms with Crippen molar-refractivity contribution < 1.29 is 9.90 Å². The largest absolute Gasteiger partial charge is 0.391 e. The van der Waals surface area contributed by atoms with E-state index in [0.29, 0.717) is 23.9 Å². The Bertz CT molecular complexity index is 413. The van der Waals surface area contributed by atoms with Gasteiger partial charge in [-0.3, -0.25) is 9.69 Å². The molecule has 4 heterocycles. The zero-order chi connectivity index (χ0) is 13.9. The summed E-state index contributed by atoms with van der Waals surface area (Å²) < 4.78 is 0. The van der Waals surface area contributed by atoms with Crippen LogP contribution in [0.15, 0.2) is 0 Å². The Hall–Kier alpha value is -0.610. The number of aliphatic hydroxyl groups is 1. The number of fused-ring (bicyclic) bond motifs is 2. The van der Waals surface area contributed by atoms with Crippen LogP contribution in [0.4, 0.5) is 0 Å². The van der Waals surface area contributed by atoms with Crippen molar-refractivity contribution in [1.29, 1.82) is 0 Å². The monoisotopic (exact) mass is 278 g/mol. The third kappa shape index (κ3) is 1.84. The summed E-state index contributed by atoms with van der Waals surface area (Å²) in [6.07, 6.45) is 8.40. The highest BCUT2D eigenvalue weighted by atomic mass is 16.3. The SMILES string of the molecule is CC1CC2CC3CCCC(=O)N3C3CCC(O)C(C1)N23. The van der Waals surface area contributed by atoms with Crippen molar-refractivity contribution in [3.8, 4) is 0 Å². The quantitative estimate of drug-likeness (QED) is 0.734. The molecule has 0 saturated carbocycles. The van der Waals surface area contributed by atoms with Crippen LogP contribution in [0.2, 0.25) is 0 Å². The molecule has 6 atom stereocenters. The van der Waals surface area contributed by atoms with E-state index in [-0.39, 0.29) is 18.3 Å². The summed E-state index contributed by atoms with van der Waals surface area (Å²) >= 11 is 0. The van der Waals surface area contributed by atoms with Crippen LogP contribution in [0.1, 0.15) is 58.3 Å². The van der Waals surface area contributed by atoms with Crippen molar-refractivity contribution in [2.24, 2.45) is 5.92 Å². The summed E-state index contributed by atoms with van der Waals surface area (Å²) in [5.74, 6) is 1.07. The first-order chi connectivity index (χ1) is 9.65. The molecule has 4 fully saturated rings. The standard InChI is InChI=1S/C16H26N2O2/c1-10-7-12-9-11-3-2-4-16(20)18(11)15-6-5-14(19)13(8-10)17(12)15/h10-15,19H,2-9H2,1H3. The van der Waals surface area contributed by atoms with Gasteiger partial charge in [0, 0.05) is 24.5 Å². The third-order valence-corrected chi connectivity index (χ3v) is 6.11. The first kappa shape index (κ1) is 13.1. The van der Waals surface area contributed by atoms with Gasteiger partial charge in [0.05, 0.1) is 12.3 Å². The van der Waals surface area contributed by atoms with Crippen molar-refractivity contribution in [3.05, 3.63) is 0 Å². The Kier molecular flexibility index (Phi) is 3.08. The van der Waals surface area contributed by atoms with Crippen LogP contribution in [0.3, 0.4) is 0 Å². The molecule has 4 nitrogen and oxygen atoms in total. The van der Waals surface area contributed by atoms with Gasteiger partial charge in [-0.15, -0.1) is 0 Å². The highest BCUT2D eigenvalue weighted by Crippen LogP contribution is 2.44. The Morgan fingerprint density at radius 2 is 1.95 bits per heavy atom. The molecule has 0 aliphatic carbocycles.